The largest absolute Gasteiger partial charge is 0.441 e. The molecule has 0 unspecified atom stereocenters. The van der Waals surface area contributed by atoms with Crippen molar-refractivity contribution in [2.45, 2.75) is 38.6 Å². The summed E-state index contributed by atoms with van der Waals surface area (Å²) < 4.78 is 11.6. The normalized spacial score (nSPS) is 11.6. The van der Waals surface area contributed by atoms with Gasteiger partial charge in [0, 0.05) is 18.4 Å². The van der Waals surface area contributed by atoms with E-state index in [1.807, 2.05) is 19.1 Å². The molecule has 0 spiro atoms. The van der Waals surface area contributed by atoms with E-state index in [0.29, 0.717) is 11.6 Å². The minimum absolute atomic E-state index is 0.631. The lowest BCUT2D eigenvalue weighted by Gasteiger charge is -2.14. The molecule has 6 rings (SSSR count). The van der Waals surface area contributed by atoms with Gasteiger partial charge in [0.15, 0.2) is 11.0 Å². The van der Waals surface area contributed by atoms with Gasteiger partial charge in [0.1, 0.15) is 5.76 Å². The van der Waals surface area contributed by atoms with E-state index >= 15 is 0 Å². The Balaban J connectivity index is 1.39. The van der Waals surface area contributed by atoms with Crippen LogP contribution in [0.25, 0.3) is 38.9 Å². The van der Waals surface area contributed by atoms with Crippen LogP contribution >= 0.6 is 23.1 Å². The quantitative estimate of drug-likeness (QED) is 0.209. The van der Waals surface area contributed by atoms with Crippen molar-refractivity contribution in [3.63, 3.8) is 0 Å². The Labute approximate surface area is 224 Å². The Bertz CT molecular complexity index is 1740. The molecule has 37 heavy (non-hydrogen) atoms. The monoisotopic (exact) mass is 525 g/mol. The van der Waals surface area contributed by atoms with Crippen molar-refractivity contribution in [2.75, 3.05) is 0 Å². The van der Waals surface area contributed by atoms with Crippen molar-refractivity contribution in [3.8, 4) is 28.7 Å². The maximum Gasteiger partial charge on any atom is 0.226 e. The van der Waals surface area contributed by atoms with Gasteiger partial charge in [-0.25, -0.2) is 4.98 Å². The second-order valence-corrected chi connectivity index (χ2v) is 11.3. The topological polar surface area (TPSA) is 61.7 Å². The van der Waals surface area contributed by atoms with Gasteiger partial charge in [0.2, 0.25) is 5.89 Å². The highest BCUT2D eigenvalue weighted by Gasteiger charge is 2.22. The fraction of sp³-hybridized carbons (Fsp3) is 0.207. The predicted molar refractivity (Wildman–Crippen MR) is 152 cm³/mol. The first kappa shape index (κ1) is 23.8. The van der Waals surface area contributed by atoms with Crippen LogP contribution in [0.3, 0.4) is 0 Å². The van der Waals surface area contributed by atoms with Crippen LogP contribution in [0.1, 0.15) is 28.1 Å². The minimum Gasteiger partial charge on any atom is -0.441 e. The summed E-state index contributed by atoms with van der Waals surface area (Å²) in [6, 6.07) is 19.1. The van der Waals surface area contributed by atoms with Gasteiger partial charge in [-0.05, 0) is 74.5 Å². The van der Waals surface area contributed by atoms with Crippen molar-refractivity contribution >= 4 is 33.3 Å². The summed E-state index contributed by atoms with van der Waals surface area (Å²) in [6.07, 6.45) is 0. The number of fused-ring (bicyclic) bond motifs is 1. The zero-order valence-corrected chi connectivity index (χ0v) is 23.1. The number of nitrogens with zero attached hydrogens (tertiary/aromatic N) is 5. The first-order valence-corrected chi connectivity index (χ1v) is 14.0. The van der Waals surface area contributed by atoms with Gasteiger partial charge in [-0.3, -0.25) is 4.57 Å². The van der Waals surface area contributed by atoms with E-state index in [-0.39, 0.29) is 0 Å². The molecule has 186 valence electrons. The molecule has 0 aliphatic heterocycles. The number of aryl methyl sites for hydroxylation is 5. The van der Waals surface area contributed by atoms with Gasteiger partial charge < -0.3 is 8.98 Å². The average Bonchev–Trinajstić information content (AvgIpc) is 3.65. The molecule has 4 aromatic heterocycles. The minimum atomic E-state index is 0.631. The van der Waals surface area contributed by atoms with E-state index in [1.54, 1.807) is 23.1 Å². The Morgan fingerprint density at radius 2 is 1.70 bits per heavy atom. The Kier molecular flexibility index (Phi) is 6.01. The van der Waals surface area contributed by atoms with Crippen LogP contribution in [-0.4, -0.2) is 24.3 Å². The molecular formula is C29H27N5OS2. The van der Waals surface area contributed by atoms with Crippen LogP contribution in [0, 0.1) is 27.7 Å². The van der Waals surface area contributed by atoms with Crippen LogP contribution in [0.15, 0.2) is 69.6 Å². The molecule has 0 aliphatic rings. The third kappa shape index (κ3) is 4.30. The molecule has 6 nitrogen and oxygen atoms in total. The van der Waals surface area contributed by atoms with Crippen molar-refractivity contribution in [3.05, 3.63) is 88.1 Å². The molecule has 0 aliphatic carbocycles. The summed E-state index contributed by atoms with van der Waals surface area (Å²) >= 11 is 3.36. The van der Waals surface area contributed by atoms with Crippen LogP contribution in [0.5, 0.6) is 0 Å². The number of oxazole rings is 1. The van der Waals surface area contributed by atoms with Gasteiger partial charge in [-0.15, -0.1) is 21.5 Å². The van der Waals surface area contributed by atoms with Crippen molar-refractivity contribution < 1.29 is 4.42 Å². The molecule has 0 amide bonds. The molecular weight excluding hydrogens is 498 g/mol. The van der Waals surface area contributed by atoms with Gasteiger partial charge in [0.05, 0.1) is 27.3 Å². The second-order valence-electron chi connectivity index (χ2n) is 9.37. The Hall–Kier alpha value is -3.62. The fourth-order valence-corrected chi connectivity index (χ4v) is 6.28. The van der Waals surface area contributed by atoms with Gasteiger partial charge >= 0.3 is 0 Å². The molecule has 0 bridgehead atoms. The summed E-state index contributed by atoms with van der Waals surface area (Å²) in [5.41, 5.74) is 8.80. The molecule has 0 saturated heterocycles. The predicted octanol–water partition coefficient (Wildman–Crippen LogP) is 7.67. The van der Waals surface area contributed by atoms with E-state index in [0.717, 1.165) is 39.4 Å². The molecule has 0 N–H and O–H groups in total. The smallest absolute Gasteiger partial charge is 0.226 e. The first-order chi connectivity index (χ1) is 17.9. The molecule has 4 heterocycles. The van der Waals surface area contributed by atoms with Crippen LogP contribution < -0.4 is 0 Å². The summed E-state index contributed by atoms with van der Waals surface area (Å²) in [5.74, 6) is 2.93. The van der Waals surface area contributed by atoms with Gasteiger partial charge in [-0.2, -0.15) is 0 Å². The van der Waals surface area contributed by atoms with Crippen molar-refractivity contribution in [1.82, 2.24) is 24.3 Å². The highest BCUT2D eigenvalue weighted by Crippen LogP contribution is 2.35. The average molecular weight is 526 g/mol. The Morgan fingerprint density at radius 3 is 2.49 bits per heavy atom. The summed E-state index contributed by atoms with van der Waals surface area (Å²) in [7, 11) is 2.09. The highest BCUT2D eigenvalue weighted by molar-refractivity contribution is 7.98. The van der Waals surface area contributed by atoms with E-state index < -0.39 is 0 Å². The zero-order chi connectivity index (χ0) is 25.7. The number of rotatable bonds is 6. The number of thioether (sulfide) groups is 1. The third-order valence-electron chi connectivity index (χ3n) is 6.66. The maximum absolute atomic E-state index is 6.02. The fourth-order valence-electron chi connectivity index (χ4n) is 4.49. The van der Waals surface area contributed by atoms with Crippen LogP contribution in [-0.2, 0) is 12.8 Å². The van der Waals surface area contributed by atoms with Crippen LogP contribution in [0.2, 0.25) is 0 Å². The lowest BCUT2D eigenvalue weighted by molar-refractivity contribution is 0.540. The molecule has 0 saturated carbocycles. The lowest BCUT2D eigenvalue weighted by atomic mass is 10.1. The number of thiophene rings is 1. The Morgan fingerprint density at radius 1 is 0.919 bits per heavy atom. The zero-order valence-electron chi connectivity index (χ0n) is 21.4. The molecule has 6 aromatic rings. The molecule has 0 atom stereocenters. The number of hydrogen-bond acceptors (Lipinski definition) is 6. The van der Waals surface area contributed by atoms with E-state index in [9.17, 15) is 0 Å². The van der Waals surface area contributed by atoms with Gasteiger partial charge in [0.25, 0.3) is 0 Å². The maximum atomic E-state index is 6.02. The lowest BCUT2D eigenvalue weighted by Crippen LogP contribution is -2.04. The molecule has 2 aromatic carbocycles. The first-order valence-electron chi connectivity index (χ1n) is 12.1. The SMILES string of the molecule is Cc1ccc(-c2nc(CSc3nnc(-c4cc5sccc5n4C)n3-c3cc(C)ccc3C)c(C)o2)cc1. The standard InChI is InChI=1S/C29H27N5OS2/c1-17-7-10-21(11-8-17)28-30-22(20(4)35-28)16-37-29-32-31-27(25-15-26-23(33(25)5)12-13-36-26)34(29)24-14-18(2)6-9-19(24)3/h6-15H,16H2,1-5H3. The third-order valence-corrected chi connectivity index (χ3v) is 8.45. The molecule has 8 heteroatoms. The van der Waals surface area contributed by atoms with E-state index in [2.05, 4.69) is 89.9 Å². The van der Waals surface area contributed by atoms with Crippen molar-refractivity contribution in [1.29, 1.82) is 0 Å². The summed E-state index contributed by atoms with van der Waals surface area (Å²) in [4.78, 5) is 4.81. The number of aromatic nitrogens is 5. The summed E-state index contributed by atoms with van der Waals surface area (Å²) in [6.45, 7) is 8.29. The van der Waals surface area contributed by atoms with E-state index in [1.165, 1.54) is 26.9 Å². The number of benzene rings is 2. The summed E-state index contributed by atoms with van der Waals surface area (Å²) in [5, 5.41) is 12.3. The molecule has 0 radical (unpaired) electrons. The van der Waals surface area contributed by atoms with Crippen LogP contribution in [0.4, 0.5) is 0 Å². The highest BCUT2D eigenvalue weighted by atomic mass is 32.2. The number of hydrogen-bond donors (Lipinski definition) is 0. The van der Waals surface area contributed by atoms with E-state index in [4.69, 9.17) is 14.5 Å². The molecule has 0 fully saturated rings. The second kappa shape index (κ2) is 9.36. The van der Waals surface area contributed by atoms with Crippen molar-refractivity contribution in [2.24, 2.45) is 7.05 Å². The van der Waals surface area contributed by atoms with Gasteiger partial charge in [-0.1, -0.05) is 41.6 Å².